The van der Waals surface area contributed by atoms with Gasteiger partial charge in [0.1, 0.15) is 6.07 Å². The molecule has 0 radical (unpaired) electrons. The average molecular weight is 278 g/mol. The molecule has 0 aliphatic carbocycles. The van der Waals surface area contributed by atoms with E-state index in [1.807, 2.05) is 24.3 Å². The van der Waals surface area contributed by atoms with Crippen molar-refractivity contribution in [1.82, 2.24) is 4.98 Å². The lowest BCUT2D eigenvalue weighted by atomic mass is 10.1. The van der Waals surface area contributed by atoms with Crippen molar-refractivity contribution in [1.29, 1.82) is 5.26 Å². The molecule has 0 unspecified atom stereocenters. The Bertz CT molecular complexity index is 906. The fourth-order valence-corrected chi connectivity index (χ4v) is 2.31. The summed E-state index contributed by atoms with van der Waals surface area (Å²) in [5.41, 5.74) is 8.74. The van der Waals surface area contributed by atoms with Crippen LogP contribution in [0.5, 0.6) is 0 Å². The summed E-state index contributed by atoms with van der Waals surface area (Å²) in [6, 6.07) is 13.7. The van der Waals surface area contributed by atoms with Gasteiger partial charge in [0.15, 0.2) is 0 Å². The van der Waals surface area contributed by atoms with Crippen LogP contribution < -0.4 is 5.73 Å². The first kappa shape index (κ1) is 12.7. The molecule has 0 aliphatic rings. The number of hydrogen-bond acceptors (Lipinski definition) is 4. The summed E-state index contributed by atoms with van der Waals surface area (Å²) in [6.07, 6.45) is 0. The largest absolute Gasteiger partial charge is 0.398 e. The second-order valence-corrected chi connectivity index (χ2v) is 4.60. The molecule has 6 nitrogen and oxygen atoms in total. The molecule has 3 N–H and O–H groups in total. The van der Waals surface area contributed by atoms with Gasteiger partial charge in [-0.1, -0.05) is 18.2 Å². The summed E-state index contributed by atoms with van der Waals surface area (Å²) in [6.45, 7) is 0. The summed E-state index contributed by atoms with van der Waals surface area (Å²) in [5, 5.41) is 20.7. The molecular weight excluding hydrogens is 268 g/mol. The third-order valence-electron chi connectivity index (χ3n) is 3.30. The summed E-state index contributed by atoms with van der Waals surface area (Å²) in [4.78, 5) is 13.5. The molecule has 0 amide bonds. The van der Waals surface area contributed by atoms with Gasteiger partial charge < -0.3 is 10.7 Å². The van der Waals surface area contributed by atoms with Crippen molar-refractivity contribution in [3.8, 4) is 17.3 Å². The van der Waals surface area contributed by atoms with Crippen molar-refractivity contribution in [2.24, 2.45) is 0 Å². The minimum absolute atomic E-state index is 0.106. The molecule has 6 heteroatoms. The molecule has 0 atom stereocenters. The highest BCUT2D eigenvalue weighted by atomic mass is 16.6. The van der Waals surface area contributed by atoms with Gasteiger partial charge in [-0.2, -0.15) is 5.26 Å². The summed E-state index contributed by atoms with van der Waals surface area (Å²) < 4.78 is 0. The molecule has 0 aliphatic heterocycles. The number of rotatable bonds is 2. The number of nitriles is 1. The van der Waals surface area contributed by atoms with Crippen molar-refractivity contribution in [3.05, 3.63) is 58.1 Å². The van der Waals surface area contributed by atoms with Crippen molar-refractivity contribution < 1.29 is 4.92 Å². The molecule has 0 spiro atoms. The zero-order chi connectivity index (χ0) is 15.0. The number of nitrogens with two attached hydrogens (primary N) is 1. The second kappa shape index (κ2) is 4.65. The fourth-order valence-electron chi connectivity index (χ4n) is 2.31. The zero-order valence-electron chi connectivity index (χ0n) is 10.8. The molecule has 0 fully saturated rings. The van der Waals surface area contributed by atoms with Crippen molar-refractivity contribution in [2.75, 3.05) is 5.73 Å². The van der Waals surface area contributed by atoms with E-state index in [1.165, 1.54) is 12.1 Å². The number of nitro groups is 1. The molecule has 3 aromatic rings. The van der Waals surface area contributed by atoms with Crippen LogP contribution in [-0.2, 0) is 0 Å². The highest BCUT2D eigenvalue weighted by molar-refractivity contribution is 5.93. The smallest absolute Gasteiger partial charge is 0.271 e. The maximum Gasteiger partial charge on any atom is 0.271 e. The first-order valence-electron chi connectivity index (χ1n) is 6.16. The Kier molecular flexibility index (Phi) is 2.81. The molecular formula is C15H10N4O2. The third kappa shape index (κ3) is 2.07. The number of aromatic nitrogens is 1. The van der Waals surface area contributed by atoms with E-state index in [1.54, 1.807) is 12.1 Å². The van der Waals surface area contributed by atoms with E-state index >= 15 is 0 Å². The first-order chi connectivity index (χ1) is 10.1. The third-order valence-corrected chi connectivity index (χ3v) is 3.30. The Hall–Kier alpha value is -3.33. The number of non-ortho nitro benzene ring substituents is 1. The Morgan fingerprint density at radius 2 is 2.00 bits per heavy atom. The van der Waals surface area contributed by atoms with Gasteiger partial charge in [0.25, 0.3) is 5.69 Å². The molecule has 3 rings (SSSR count). The van der Waals surface area contributed by atoms with E-state index in [9.17, 15) is 10.1 Å². The second-order valence-electron chi connectivity index (χ2n) is 4.60. The average Bonchev–Trinajstić information content (AvgIpc) is 2.90. The van der Waals surface area contributed by atoms with E-state index in [0.29, 0.717) is 16.6 Å². The predicted molar refractivity (Wildman–Crippen MR) is 79.5 cm³/mol. The number of nitrogens with zero attached hydrogens (tertiary/aromatic N) is 2. The molecule has 1 aromatic heterocycles. The number of aromatic amines is 1. The number of nitrogen functional groups attached to an aromatic ring is 1. The van der Waals surface area contributed by atoms with E-state index in [2.05, 4.69) is 4.98 Å². The molecule has 0 saturated carbocycles. The number of para-hydroxylation sites is 1. The van der Waals surface area contributed by atoms with Crippen LogP contribution in [0.3, 0.4) is 0 Å². The molecule has 1 heterocycles. The Balaban J connectivity index is 2.28. The van der Waals surface area contributed by atoms with Crippen LogP contribution in [0, 0.1) is 21.4 Å². The maximum absolute atomic E-state index is 10.9. The normalized spacial score (nSPS) is 10.4. The quantitative estimate of drug-likeness (QED) is 0.426. The van der Waals surface area contributed by atoms with Crippen LogP contribution in [0.15, 0.2) is 42.5 Å². The number of anilines is 1. The molecule has 102 valence electrons. The number of H-pyrrole nitrogens is 1. The van der Waals surface area contributed by atoms with Gasteiger partial charge in [0.05, 0.1) is 16.0 Å². The lowest BCUT2D eigenvalue weighted by molar-refractivity contribution is -0.384. The van der Waals surface area contributed by atoms with E-state index < -0.39 is 4.92 Å². The Morgan fingerprint density at radius 3 is 2.67 bits per heavy atom. The standard InChI is InChI=1S/C15H10N4O2/c16-8-10-6-11(19(20)21)5-9-7-14(18-15(9)10)12-3-1-2-4-13(12)17/h1-7,18H,17H2. The van der Waals surface area contributed by atoms with Crippen LogP contribution in [-0.4, -0.2) is 9.91 Å². The Morgan fingerprint density at radius 1 is 1.24 bits per heavy atom. The van der Waals surface area contributed by atoms with Crippen LogP contribution in [0.1, 0.15) is 5.56 Å². The highest BCUT2D eigenvalue weighted by Crippen LogP contribution is 2.31. The molecule has 0 saturated heterocycles. The topological polar surface area (TPSA) is 109 Å². The monoisotopic (exact) mass is 278 g/mol. The van der Waals surface area contributed by atoms with Crippen LogP contribution >= 0.6 is 0 Å². The number of nitrogens with one attached hydrogen (secondary N) is 1. The minimum Gasteiger partial charge on any atom is -0.398 e. The van der Waals surface area contributed by atoms with Crippen molar-refractivity contribution >= 4 is 22.3 Å². The first-order valence-corrected chi connectivity index (χ1v) is 6.16. The van der Waals surface area contributed by atoms with Gasteiger partial charge in [-0.3, -0.25) is 10.1 Å². The minimum atomic E-state index is -0.510. The highest BCUT2D eigenvalue weighted by Gasteiger charge is 2.15. The molecule has 0 bridgehead atoms. The number of nitro benzene ring substituents is 1. The molecule has 2 aromatic carbocycles. The number of hydrogen-bond donors (Lipinski definition) is 2. The van der Waals surface area contributed by atoms with Crippen molar-refractivity contribution in [2.45, 2.75) is 0 Å². The van der Waals surface area contributed by atoms with Crippen molar-refractivity contribution in [3.63, 3.8) is 0 Å². The van der Waals surface area contributed by atoms with Gasteiger partial charge in [0.2, 0.25) is 0 Å². The molecule has 21 heavy (non-hydrogen) atoms. The number of benzene rings is 2. The number of fused-ring (bicyclic) bond motifs is 1. The summed E-state index contributed by atoms with van der Waals surface area (Å²) >= 11 is 0. The van der Waals surface area contributed by atoms with Crippen LogP contribution in [0.25, 0.3) is 22.2 Å². The maximum atomic E-state index is 10.9. The van der Waals surface area contributed by atoms with E-state index in [4.69, 9.17) is 11.0 Å². The Labute approximate surface area is 119 Å². The van der Waals surface area contributed by atoms with E-state index in [-0.39, 0.29) is 11.3 Å². The summed E-state index contributed by atoms with van der Waals surface area (Å²) in [7, 11) is 0. The van der Waals surface area contributed by atoms with Crippen LogP contribution in [0.4, 0.5) is 11.4 Å². The van der Waals surface area contributed by atoms with Gasteiger partial charge in [-0.15, -0.1) is 0 Å². The predicted octanol–water partition coefficient (Wildman–Crippen LogP) is 3.20. The van der Waals surface area contributed by atoms with Gasteiger partial charge in [0, 0.05) is 34.5 Å². The summed E-state index contributed by atoms with van der Waals surface area (Å²) in [5.74, 6) is 0. The SMILES string of the molecule is N#Cc1cc([N+](=O)[O-])cc2cc(-c3ccccc3N)[nH]c12. The fraction of sp³-hybridized carbons (Fsp3) is 0. The van der Waals surface area contributed by atoms with Crippen LogP contribution in [0.2, 0.25) is 0 Å². The van der Waals surface area contributed by atoms with E-state index in [0.717, 1.165) is 11.3 Å². The zero-order valence-corrected chi connectivity index (χ0v) is 10.8. The van der Waals surface area contributed by atoms with Gasteiger partial charge in [-0.05, 0) is 12.1 Å². The van der Waals surface area contributed by atoms with Gasteiger partial charge in [-0.25, -0.2) is 0 Å². The lowest BCUT2D eigenvalue weighted by Crippen LogP contribution is -1.90. The lowest BCUT2D eigenvalue weighted by Gasteiger charge is -2.01. The van der Waals surface area contributed by atoms with Gasteiger partial charge >= 0.3 is 0 Å².